The van der Waals surface area contributed by atoms with Crippen molar-refractivity contribution in [3.05, 3.63) is 0 Å². The second-order valence-electron chi connectivity index (χ2n) is 4.53. The summed E-state index contributed by atoms with van der Waals surface area (Å²) in [7, 11) is 0. The van der Waals surface area contributed by atoms with Crippen LogP contribution >= 0.6 is 0 Å². The van der Waals surface area contributed by atoms with Gasteiger partial charge < -0.3 is 9.80 Å². The lowest BCUT2D eigenvalue weighted by Gasteiger charge is -2.36. The molecule has 0 saturated carbocycles. The summed E-state index contributed by atoms with van der Waals surface area (Å²) in [5, 5.41) is 0. The summed E-state index contributed by atoms with van der Waals surface area (Å²) >= 11 is 0. The van der Waals surface area contributed by atoms with Gasteiger partial charge in [-0.05, 0) is 25.3 Å². The molecule has 0 spiro atoms. The first-order valence-electron chi connectivity index (χ1n) is 5.72. The van der Waals surface area contributed by atoms with Gasteiger partial charge in [0.1, 0.15) is 0 Å². The molecule has 2 unspecified atom stereocenters. The van der Waals surface area contributed by atoms with Gasteiger partial charge in [-0.2, -0.15) is 0 Å². The van der Waals surface area contributed by atoms with Gasteiger partial charge in [0, 0.05) is 32.6 Å². The molecular weight excluding hydrogens is 176 g/mol. The summed E-state index contributed by atoms with van der Waals surface area (Å²) in [6.45, 7) is 8.31. The quantitative estimate of drug-likeness (QED) is 0.623. The van der Waals surface area contributed by atoms with Gasteiger partial charge in [-0.1, -0.05) is 6.92 Å². The smallest absolute Gasteiger partial charge is 0.219 e. The molecule has 80 valence electrons. The van der Waals surface area contributed by atoms with Crippen LogP contribution in [-0.4, -0.2) is 47.9 Å². The molecule has 3 heteroatoms. The van der Waals surface area contributed by atoms with E-state index < -0.39 is 0 Å². The van der Waals surface area contributed by atoms with E-state index in [-0.39, 0.29) is 5.91 Å². The summed E-state index contributed by atoms with van der Waals surface area (Å²) in [5.41, 5.74) is 0. The average molecular weight is 196 g/mol. The van der Waals surface area contributed by atoms with Gasteiger partial charge in [0.25, 0.3) is 0 Å². The van der Waals surface area contributed by atoms with Crippen LogP contribution in [0.15, 0.2) is 0 Å². The Balaban J connectivity index is 2.06. The lowest BCUT2D eigenvalue weighted by Crippen LogP contribution is -2.47. The van der Waals surface area contributed by atoms with Gasteiger partial charge in [0.15, 0.2) is 0 Å². The highest BCUT2D eigenvalue weighted by molar-refractivity contribution is 5.73. The van der Waals surface area contributed by atoms with E-state index in [1.807, 2.05) is 0 Å². The molecule has 1 amide bonds. The average Bonchev–Trinajstić information content (AvgIpc) is 2.59. The summed E-state index contributed by atoms with van der Waals surface area (Å²) < 4.78 is 0. The van der Waals surface area contributed by atoms with Crippen molar-refractivity contribution in [2.45, 2.75) is 32.7 Å². The lowest BCUT2D eigenvalue weighted by molar-refractivity contribution is -0.133. The van der Waals surface area contributed by atoms with Crippen LogP contribution in [0.5, 0.6) is 0 Å². The van der Waals surface area contributed by atoms with Gasteiger partial charge >= 0.3 is 0 Å². The number of likely N-dealkylation sites (tertiary alicyclic amines) is 2. The van der Waals surface area contributed by atoms with Crippen molar-refractivity contribution in [1.29, 1.82) is 0 Å². The van der Waals surface area contributed by atoms with E-state index in [4.69, 9.17) is 0 Å². The third kappa shape index (κ3) is 1.65. The number of likely N-dealkylation sites (N-methyl/N-ethyl adjacent to an activating group) is 1. The monoisotopic (exact) mass is 196 g/mol. The second-order valence-corrected chi connectivity index (χ2v) is 4.53. The van der Waals surface area contributed by atoms with Gasteiger partial charge in [0.2, 0.25) is 5.91 Å². The number of hydrogen-bond acceptors (Lipinski definition) is 2. The topological polar surface area (TPSA) is 23.6 Å². The van der Waals surface area contributed by atoms with Crippen molar-refractivity contribution >= 4 is 5.91 Å². The Labute approximate surface area is 86.1 Å². The third-order valence-electron chi connectivity index (χ3n) is 3.71. The summed E-state index contributed by atoms with van der Waals surface area (Å²) in [6.07, 6.45) is 2.50. The molecule has 3 nitrogen and oxygen atoms in total. The van der Waals surface area contributed by atoms with Gasteiger partial charge in [-0.3, -0.25) is 4.79 Å². The minimum atomic E-state index is 0.262. The SMILES string of the molecule is CCN1CC2CCCN(C(C)=O)C2C1. The Morgan fingerprint density at radius 3 is 2.86 bits per heavy atom. The molecular formula is C11H20N2O. The molecule has 0 aliphatic carbocycles. The Bertz CT molecular complexity index is 229. The molecule has 2 rings (SSSR count). The number of fused-ring (bicyclic) bond motifs is 1. The number of carbonyl (C=O) groups is 1. The predicted molar refractivity (Wildman–Crippen MR) is 56.0 cm³/mol. The van der Waals surface area contributed by atoms with Crippen LogP contribution in [-0.2, 0) is 4.79 Å². The van der Waals surface area contributed by atoms with Crippen LogP contribution in [0.25, 0.3) is 0 Å². The molecule has 0 aromatic heterocycles. The van der Waals surface area contributed by atoms with Crippen LogP contribution in [0.1, 0.15) is 26.7 Å². The molecule has 0 bridgehead atoms. The molecule has 0 aromatic carbocycles. The van der Waals surface area contributed by atoms with E-state index >= 15 is 0 Å². The largest absolute Gasteiger partial charge is 0.338 e. The normalized spacial score (nSPS) is 33.1. The highest BCUT2D eigenvalue weighted by Crippen LogP contribution is 2.30. The fourth-order valence-corrected chi connectivity index (χ4v) is 2.92. The number of nitrogens with zero attached hydrogens (tertiary/aromatic N) is 2. The number of amides is 1. The zero-order valence-corrected chi connectivity index (χ0v) is 9.20. The maximum atomic E-state index is 11.4. The number of hydrogen-bond donors (Lipinski definition) is 0. The van der Waals surface area contributed by atoms with Crippen molar-refractivity contribution in [2.75, 3.05) is 26.2 Å². The highest BCUT2D eigenvalue weighted by atomic mass is 16.2. The fraction of sp³-hybridized carbons (Fsp3) is 0.909. The second kappa shape index (κ2) is 3.89. The van der Waals surface area contributed by atoms with Gasteiger partial charge in [0.05, 0.1) is 0 Å². The van der Waals surface area contributed by atoms with Crippen LogP contribution in [0.3, 0.4) is 0 Å². The van der Waals surface area contributed by atoms with Crippen molar-refractivity contribution < 1.29 is 4.79 Å². The van der Waals surface area contributed by atoms with Crippen molar-refractivity contribution in [3.8, 4) is 0 Å². The third-order valence-corrected chi connectivity index (χ3v) is 3.71. The zero-order chi connectivity index (χ0) is 10.1. The van der Waals surface area contributed by atoms with E-state index in [0.717, 1.165) is 25.6 Å². The van der Waals surface area contributed by atoms with E-state index in [2.05, 4.69) is 16.7 Å². The predicted octanol–water partition coefficient (Wildman–Crippen LogP) is 0.949. The lowest BCUT2D eigenvalue weighted by atomic mass is 9.92. The van der Waals surface area contributed by atoms with Gasteiger partial charge in [-0.25, -0.2) is 0 Å². The first kappa shape index (κ1) is 9.97. The molecule has 0 radical (unpaired) electrons. The molecule has 0 N–H and O–H groups in total. The summed E-state index contributed by atoms with van der Waals surface area (Å²) in [5.74, 6) is 1.00. The maximum absolute atomic E-state index is 11.4. The summed E-state index contributed by atoms with van der Waals surface area (Å²) in [4.78, 5) is 16.0. The van der Waals surface area contributed by atoms with Crippen molar-refractivity contribution in [1.82, 2.24) is 9.80 Å². The minimum Gasteiger partial charge on any atom is -0.338 e. The molecule has 14 heavy (non-hydrogen) atoms. The van der Waals surface area contributed by atoms with Crippen molar-refractivity contribution in [3.63, 3.8) is 0 Å². The number of piperidine rings is 1. The summed E-state index contributed by atoms with van der Waals surface area (Å²) in [6, 6.07) is 0.515. The Kier molecular flexibility index (Phi) is 2.77. The van der Waals surface area contributed by atoms with Crippen LogP contribution in [0.4, 0.5) is 0 Å². The number of carbonyl (C=O) groups excluding carboxylic acids is 1. The molecule has 2 heterocycles. The highest BCUT2D eigenvalue weighted by Gasteiger charge is 2.39. The molecule has 2 saturated heterocycles. The van der Waals surface area contributed by atoms with E-state index in [0.29, 0.717) is 6.04 Å². The molecule has 0 aromatic rings. The van der Waals surface area contributed by atoms with E-state index in [1.165, 1.54) is 19.4 Å². The first-order valence-corrected chi connectivity index (χ1v) is 5.72. The van der Waals surface area contributed by atoms with Crippen LogP contribution in [0, 0.1) is 5.92 Å². The fourth-order valence-electron chi connectivity index (χ4n) is 2.92. The molecule has 2 fully saturated rings. The molecule has 2 atom stereocenters. The minimum absolute atomic E-state index is 0.262. The van der Waals surface area contributed by atoms with Crippen molar-refractivity contribution in [2.24, 2.45) is 5.92 Å². The maximum Gasteiger partial charge on any atom is 0.219 e. The Hall–Kier alpha value is -0.570. The number of rotatable bonds is 1. The molecule has 2 aliphatic rings. The Morgan fingerprint density at radius 1 is 1.43 bits per heavy atom. The van der Waals surface area contributed by atoms with E-state index in [9.17, 15) is 4.79 Å². The van der Waals surface area contributed by atoms with Crippen LogP contribution < -0.4 is 0 Å². The van der Waals surface area contributed by atoms with Crippen LogP contribution in [0.2, 0.25) is 0 Å². The van der Waals surface area contributed by atoms with E-state index in [1.54, 1.807) is 6.92 Å². The Morgan fingerprint density at radius 2 is 2.21 bits per heavy atom. The van der Waals surface area contributed by atoms with Gasteiger partial charge in [-0.15, -0.1) is 0 Å². The standard InChI is InChI=1S/C11H20N2O/c1-3-12-7-10-5-4-6-13(9(2)14)11(10)8-12/h10-11H,3-8H2,1-2H3. The zero-order valence-electron chi connectivity index (χ0n) is 9.20. The molecule has 2 aliphatic heterocycles. The first-order chi connectivity index (χ1) is 6.72.